The van der Waals surface area contributed by atoms with E-state index in [0.717, 1.165) is 74.6 Å². The van der Waals surface area contributed by atoms with Gasteiger partial charge in [0.15, 0.2) is 5.65 Å². The van der Waals surface area contributed by atoms with E-state index in [1.807, 2.05) is 13.8 Å². The van der Waals surface area contributed by atoms with Gasteiger partial charge in [0.1, 0.15) is 11.3 Å². The quantitative estimate of drug-likeness (QED) is 0.207. The number of aliphatic carboxylic acids is 1. The molecule has 200 valence electrons. The summed E-state index contributed by atoms with van der Waals surface area (Å²) >= 11 is 0. The molecule has 8 nitrogen and oxygen atoms in total. The number of hydrogen-bond donors (Lipinski definition) is 2. The maximum Gasteiger partial charge on any atom is 0.332 e. The minimum Gasteiger partial charge on any atom is -0.481 e. The standard InChI is InChI=1S/C28H44N4O4/c1-22(2)21-32-26-25(27(35)31(3)28(32)36)29-23(30-26)19-17-15-13-11-9-7-5-4-6-8-10-12-14-16-18-20-24(33)34/h4,6-7,9,22H,5,8,10-21H2,1-3H3,(H,29,30)(H,33,34). The summed E-state index contributed by atoms with van der Waals surface area (Å²) in [7, 11) is 1.51. The molecular formula is C28H44N4O4. The highest BCUT2D eigenvalue weighted by Crippen LogP contribution is 2.12. The maximum atomic E-state index is 12.5. The van der Waals surface area contributed by atoms with Crippen LogP contribution in [0, 0.1) is 5.92 Å². The van der Waals surface area contributed by atoms with Gasteiger partial charge in [0.05, 0.1) is 0 Å². The van der Waals surface area contributed by atoms with E-state index in [0.29, 0.717) is 24.1 Å². The third-order valence-electron chi connectivity index (χ3n) is 6.22. The Balaban J connectivity index is 1.61. The molecular weight excluding hydrogens is 456 g/mol. The van der Waals surface area contributed by atoms with Gasteiger partial charge >= 0.3 is 11.7 Å². The average molecular weight is 501 g/mol. The van der Waals surface area contributed by atoms with E-state index in [1.54, 1.807) is 4.57 Å². The van der Waals surface area contributed by atoms with Crippen molar-refractivity contribution in [2.75, 3.05) is 0 Å². The SMILES string of the molecule is CC(C)Cn1c(=O)n(C)c(=O)c2[nH]c(CCCCCC=CCC=CCCCCCCCC(=O)O)nc21. The van der Waals surface area contributed by atoms with Crippen molar-refractivity contribution in [2.45, 2.75) is 104 Å². The molecule has 0 aliphatic heterocycles. The largest absolute Gasteiger partial charge is 0.481 e. The number of H-pyrrole nitrogens is 1. The van der Waals surface area contributed by atoms with Crippen LogP contribution in [0.1, 0.15) is 96.7 Å². The van der Waals surface area contributed by atoms with Gasteiger partial charge < -0.3 is 10.1 Å². The summed E-state index contributed by atoms with van der Waals surface area (Å²) in [6.45, 7) is 4.62. The highest BCUT2D eigenvalue weighted by Gasteiger charge is 2.16. The van der Waals surface area contributed by atoms with Crippen molar-refractivity contribution in [3.8, 4) is 0 Å². The van der Waals surface area contributed by atoms with Gasteiger partial charge in [-0.15, -0.1) is 0 Å². The summed E-state index contributed by atoms with van der Waals surface area (Å²) in [4.78, 5) is 43.2. The predicted molar refractivity (Wildman–Crippen MR) is 145 cm³/mol. The number of rotatable bonds is 18. The number of nitrogens with zero attached hydrogens (tertiary/aromatic N) is 3. The van der Waals surface area contributed by atoms with Crippen molar-refractivity contribution >= 4 is 17.1 Å². The lowest BCUT2D eigenvalue weighted by molar-refractivity contribution is -0.137. The zero-order valence-corrected chi connectivity index (χ0v) is 22.3. The summed E-state index contributed by atoms with van der Waals surface area (Å²) in [6.07, 6.45) is 21.5. The molecule has 0 fully saturated rings. The van der Waals surface area contributed by atoms with Crippen LogP contribution in [0.25, 0.3) is 11.2 Å². The lowest BCUT2D eigenvalue weighted by atomic mass is 10.1. The first-order valence-corrected chi connectivity index (χ1v) is 13.5. The topological polar surface area (TPSA) is 110 Å². The van der Waals surface area contributed by atoms with E-state index < -0.39 is 5.97 Å². The van der Waals surface area contributed by atoms with Gasteiger partial charge in [0, 0.05) is 26.4 Å². The lowest BCUT2D eigenvalue weighted by Gasteiger charge is -2.10. The van der Waals surface area contributed by atoms with E-state index in [9.17, 15) is 14.4 Å². The van der Waals surface area contributed by atoms with Crippen LogP contribution < -0.4 is 11.2 Å². The Bertz CT molecular complexity index is 1120. The maximum absolute atomic E-state index is 12.5. The van der Waals surface area contributed by atoms with Crippen LogP contribution in [0.4, 0.5) is 0 Å². The predicted octanol–water partition coefficient (Wildman–Crippen LogP) is 5.50. The highest BCUT2D eigenvalue weighted by atomic mass is 16.4. The van der Waals surface area contributed by atoms with Crippen molar-refractivity contribution in [3.63, 3.8) is 0 Å². The molecule has 36 heavy (non-hydrogen) atoms. The number of hydrogen-bond acceptors (Lipinski definition) is 4. The molecule has 0 saturated heterocycles. The molecule has 0 atom stereocenters. The fourth-order valence-electron chi connectivity index (χ4n) is 4.24. The number of imidazole rings is 1. The average Bonchev–Trinajstić information content (AvgIpc) is 3.26. The smallest absolute Gasteiger partial charge is 0.332 e. The summed E-state index contributed by atoms with van der Waals surface area (Å²) in [5.41, 5.74) is 0.254. The first-order valence-electron chi connectivity index (χ1n) is 13.5. The van der Waals surface area contributed by atoms with Crippen LogP contribution in [-0.4, -0.2) is 30.2 Å². The molecule has 2 rings (SSSR count). The third kappa shape index (κ3) is 9.99. The molecule has 0 aromatic carbocycles. The molecule has 0 aliphatic carbocycles. The minimum atomic E-state index is -0.696. The van der Waals surface area contributed by atoms with Gasteiger partial charge in [-0.25, -0.2) is 9.78 Å². The Labute approximate surface area is 214 Å². The van der Waals surface area contributed by atoms with Crippen molar-refractivity contribution in [1.29, 1.82) is 0 Å². The van der Waals surface area contributed by atoms with Crippen molar-refractivity contribution < 1.29 is 9.90 Å². The van der Waals surface area contributed by atoms with Gasteiger partial charge in [-0.05, 0) is 50.9 Å². The van der Waals surface area contributed by atoms with Crippen LogP contribution in [-0.2, 0) is 24.8 Å². The number of nitrogens with one attached hydrogen (secondary N) is 1. The van der Waals surface area contributed by atoms with Crippen molar-refractivity contribution in [3.05, 3.63) is 51.0 Å². The second-order valence-electron chi connectivity index (χ2n) is 10.0. The molecule has 0 spiro atoms. The number of aromatic nitrogens is 4. The van der Waals surface area contributed by atoms with Crippen LogP contribution in [0.3, 0.4) is 0 Å². The molecule has 2 heterocycles. The Morgan fingerprint density at radius 1 is 0.944 bits per heavy atom. The molecule has 2 aromatic rings. The highest BCUT2D eigenvalue weighted by molar-refractivity contribution is 5.69. The van der Waals surface area contributed by atoms with Crippen LogP contribution in [0.15, 0.2) is 33.9 Å². The molecule has 2 aromatic heterocycles. The molecule has 0 amide bonds. The summed E-state index contributed by atoms with van der Waals surface area (Å²) in [5.74, 6) is 0.352. The van der Waals surface area contributed by atoms with Crippen LogP contribution >= 0.6 is 0 Å². The molecule has 8 heteroatoms. The second kappa shape index (κ2) is 16.0. The number of unbranched alkanes of at least 4 members (excludes halogenated alkanes) is 8. The fraction of sp³-hybridized carbons (Fsp3) is 0.643. The summed E-state index contributed by atoms with van der Waals surface area (Å²) in [6, 6.07) is 0. The van der Waals surface area contributed by atoms with E-state index in [4.69, 9.17) is 5.11 Å². The Kier molecular flexibility index (Phi) is 13.0. The number of aromatic amines is 1. The number of carbonyl (C=O) groups is 1. The van der Waals surface area contributed by atoms with E-state index in [2.05, 4.69) is 34.3 Å². The molecule has 0 bridgehead atoms. The monoisotopic (exact) mass is 500 g/mol. The fourth-order valence-corrected chi connectivity index (χ4v) is 4.24. The zero-order valence-electron chi connectivity index (χ0n) is 22.3. The summed E-state index contributed by atoms with van der Waals surface area (Å²) in [5, 5.41) is 8.61. The summed E-state index contributed by atoms with van der Waals surface area (Å²) < 4.78 is 2.76. The number of allylic oxidation sites excluding steroid dienone is 4. The first-order chi connectivity index (χ1) is 17.3. The molecule has 0 aliphatic rings. The van der Waals surface area contributed by atoms with Gasteiger partial charge in [0.25, 0.3) is 5.56 Å². The van der Waals surface area contributed by atoms with Crippen molar-refractivity contribution in [2.24, 2.45) is 13.0 Å². The van der Waals surface area contributed by atoms with E-state index in [-0.39, 0.29) is 17.2 Å². The normalized spacial score (nSPS) is 12.1. The lowest BCUT2D eigenvalue weighted by Crippen LogP contribution is -2.38. The van der Waals surface area contributed by atoms with Crippen LogP contribution in [0.5, 0.6) is 0 Å². The number of fused-ring (bicyclic) bond motifs is 1. The Morgan fingerprint density at radius 3 is 2.19 bits per heavy atom. The molecule has 0 saturated carbocycles. The van der Waals surface area contributed by atoms with Crippen LogP contribution in [0.2, 0.25) is 0 Å². The van der Waals surface area contributed by atoms with E-state index >= 15 is 0 Å². The molecule has 0 radical (unpaired) electrons. The first kappa shape index (κ1) is 29.3. The van der Waals surface area contributed by atoms with Gasteiger partial charge in [-0.3, -0.25) is 18.7 Å². The third-order valence-corrected chi connectivity index (χ3v) is 6.22. The van der Waals surface area contributed by atoms with Gasteiger partial charge in [-0.2, -0.15) is 0 Å². The second-order valence-corrected chi connectivity index (χ2v) is 10.0. The Morgan fingerprint density at radius 2 is 1.56 bits per heavy atom. The molecule has 2 N–H and O–H groups in total. The number of carboxylic acid groups (broad SMARTS) is 1. The minimum absolute atomic E-state index is 0.278. The van der Waals surface area contributed by atoms with E-state index in [1.165, 1.54) is 19.9 Å². The van der Waals surface area contributed by atoms with Crippen molar-refractivity contribution in [1.82, 2.24) is 19.1 Å². The molecule has 0 unspecified atom stereocenters. The Hall–Kier alpha value is -2.90. The van der Waals surface area contributed by atoms with Gasteiger partial charge in [-0.1, -0.05) is 63.8 Å². The van der Waals surface area contributed by atoms with Gasteiger partial charge in [0.2, 0.25) is 0 Å². The number of carboxylic acids is 1. The zero-order chi connectivity index (χ0) is 26.3. The number of aryl methyl sites for hydroxylation is 1.